The van der Waals surface area contributed by atoms with E-state index in [2.05, 4.69) is 10.6 Å². The van der Waals surface area contributed by atoms with Crippen molar-refractivity contribution in [2.75, 3.05) is 33.4 Å². The van der Waals surface area contributed by atoms with Gasteiger partial charge in [0, 0.05) is 33.4 Å². The Hall–Kier alpha value is -3.20. The van der Waals surface area contributed by atoms with Crippen molar-refractivity contribution in [3.8, 4) is 0 Å². The molecule has 0 radical (unpaired) electrons. The average Bonchev–Trinajstić information content (AvgIpc) is 3.35. The van der Waals surface area contributed by atoms with Crippen LogP contribution in [0.4, 0.5) is 4.39 Å². The van der Waals surface area contributed by atoms with Crippen LogP contribution in [0, 0.1) is 11.7 Å². The normalized spacial score (nSPS) is 15.2. The quantitative estimate of drug-likeness (QED) is 0.577. The minimum absolute atomic E-state index is 0.116. The molecule has 1 fully saturated rings. The highest BCUT2D eigenvalue weighted by Gasteiger charge is 2.34. The third-order valence-electron chi connectivity index (χ3n) is 5.54. The number of hydrogen-bond donors (Lipinski definition) is 2. The summed E-state index contributed by atoms with van der Waals surface area (Å²) in [5, 5.41) is 5.53. The van der Waals surface area contributed by atoms with Gasteiger partial charge in [0.15, 0.2) is 5.76 Å². The molecule has 172 valence electrons. The summed E-state index contributed by atoms with van der Waals surface area (Å²) in [6, 6.07) is 8.07. The Bertz CT molecular complexity index is 910. The van der Waals surface area contributed by atoms with Crippen molar-refractivity contribution in [1.82, 2.24) is 15.5 Å². The Kier molecular flexibility index (Phi) is 8.38. The molecule has 1 unspecified atom stereocenters. The lowest BCUT2D eigenvalue weighted by molar-refractivity contribution is -0.124. The summed E-state index contributed by atoms with van der Waals surface area (Å²) in [6.07, 6.45) is 3.11. The SMILES string of the molecule is COCCCNC(=O)C(NC(=O)c1ccccc1F)C1CCN(C(=O)c2ccco2)CC1. The van der Waals surface area contributed by atoms with E-state index in [1.165, 1.54) is 24.5 Å². The number of furan rings is 1. The van der Waals surface area contributed by atoms with Crippen LogP contribution in [0.15, 0.2) is 47.1 Å². The van der Waals surface area contributed by atoms with Gasteiger partial charge < -0.3 is 24.7 Å². The second kappa shape index (κ2) is 11.4. The number of nitrogens with zero attached hydrogens (tertiary/aromatic N) is 1. The van der Waals surface area contributed by atoms with Crippen LogP contribution in [-0.2, 0) is 9.53 Å². The maximum absolute atomic E-state index is 14.1. The Labute approximate surface area is 186 Å². The molecule has 1 aliphatic rings. The first-order chi connectivity index (χ1) is 15.5. The molecular formula is C23H28FN3O5. The summed E-state index contributed by atoms with van der Waals surface area (Å²) in [5.41, 5.74) is -0.116. The minimum atomic E-state index is -0.842. The number of ether oxygens (including phenoxy) is 1. The number of hydrogen-bond acceptors (Lipinski definition) is 5. The van der Waals surface area contributed by atoms with Gasteiger partial charge >= 0.3 is 0 Å². The van der Waals surface area contributed by atoms with E-state index in [4.69, 9.17) is 9.15 Å². The van der Waals surface area contributed by atoms with Gasteiger partial charge in [-0.25, -0.2) is 4.39 Å². The van der Waals surface area contributed by atoms with E-state index in [0.29, 0.717) is 45.5 Å². The van der Waals surface area contributed by atoms with Gasteiger partial charge in [-0.3, -0.25) is 14.4 Å². The molecule has 0 spiro atoms. The largest absolute Gasteiger partial charge is 0.459 e. The van der Waals surface area contributed by atoms with Gasteiger partial charge in [-0.1, -0.05) is 12.1 Å². The van der Waals surface area contributed by atoms with Gasteiger partial charge in [0.2, 0.25) is 5.91 Å². The van der Waals surface area contributed by atoms with Crippen molar-refractivity contribution in [3.05, 3.63) is 59.8 Å². The summed E-state index contributed by atoms with van der Waals surface area (Å²) in [5.74, 6) is -1.76. The Morgan fingerprint density at radius 3 is 2.59 bits per heavy atom. The monoisotopic (exact) mass is 445 g/mol. The van der Waals surface area contributed by atoms with Crippen LogP contribution < -0.4 is 10.6 Å². The van der Waals surface area contributed by atoms with E-state index in [-0.39, 0.29) is 29.1 Å². The number of piperidine rings is 1. The second-order valence-corrected chi connectivity index (χ2v) is 7.68. The van der Waals surface area contributed by atoms with E-state index < -0.39 is 17.8 Å². The molecule has 0 bridgehead atoms. The van der Waals surface area contributed by atoms with Crippen molar-refractivity contribution in [3.63, 3.8) is 0 Å². The lowest BCUT2D eigenvalue weighted by Gasteiger charge is -2.35. The number of likely N-dealkylation sites (tertiary alicyclic amines) is 1. The summed E-state index contributed by atoms with van der Waals surface area (Å²) in [4.78, 5) is 39.8. The van der Waals surface area contributed by atoms with Gasteiger partial charge in [0.25, 0.3) is 11.8 Å². The summed E-state index contributed by atoms with van der Waals surface area (Å²) in [7, 11) is 1.58. The van der Waals surface area contributed by atoms with Gasteiger partial charge in [-0.2, -0.15) is 0 Å². The van der Waals surface area contributed by atoms with Crippen LogP contribution in [0.2, 0.25) is 0 Å². The number of carbonyl (C=O) groups is 3. The number of halogens is 1. The van der Waals surface area contributed by atoms with E-state index in [0.717, 1.165) is 0 Å². The molecule has 0 aliphatic carbocycles. The fourth-order valence-electron chi connectivity index (χ4n) is 3.79. The number of benzene rings is 1. The zero-order chi connectivity index (χ0) is 22.9. The summed E-state index contributed by atoms with van der Waals surface area (Å²) < 4.78 is 24.2. The number of carbonyl (C=O) groups excluding carboxylic acids is 3. The molecule has 1 aliphatic heterocycles. The zero-order valence-electron chi connectivity index (χ0n) is 18.0. The maximum Gasteiger partial charge on any atom is 0.289 e. The molecule has 2 heterocycles. The fourth-order valence-corrected chi connectivity index (χ4v) is 3.79. The van der Waals surface area contributed by atoms with Gasteiger partial charge in [-0.05, 0) is 49.4 Å². The van der Waals surface area contributed by atoms with Crippen LogP contribution in [0.5, 0.6) is 0 Å². The topological polar surface area (TPSA) is 101 Å². The first-order valence-electron chi connectivity index (χ1n) is 10.7. The Morgan fingerprint density at radius 2 is 1.94 bits per heavy atom. The predicted molar refractivity (Wildman–Crippen MR) is 114 cm³/mol. The number of nitrogens with one attached hydrogen (secondary N) is 2. The van der Waals surface area contributed by atoms with Crippen molar-refractivity contribution >= 4 is 17.7 Å². The first kappa shape index (κ1) is 23.5. The van der Waals surface area contributed by atoms with E-state index in [1.807, 2.05) is 0 Å². The van der Waals surface area contributed by atoms with E-state index in [9.17, 15) is 18.8 Å². The Morgan fingerprint density at radius 1 is 1.19 bits per heavy atom. The van der Waals surface area contributed by atoms with Crippen LogP contribution in [0.1, 0.15) is 40.2 Å². The molecular weight excluding hydrogens is 417 g/mol. The molecule has 8 nitrogen and oxygen atoms in total. The fraction of sp³-hybridized carbons (Fsp3) is 0.435. The molecule has 0 saturated carbocycles. The predicted octanol–water partition coefficient (Wildman–Crippen LogP) is 2.22. The molecule has 2 aromatic rings. The van der Waals surface area contributed by atoms with Gasteiger partial charge in [0.05, 0.1) is 11.8 Å². The van der Waals surface area contributed by atoms with Crippen LogP contribution in [0.25, 0.3) is 0 Å². The second-order valence-electron chi connectivity index (χ2n) is 7.68. The molecule has 1 atom stereocenters. The standard InChI is InChI=1S/C23H28FN3O5/c1-31-14-5-11-25-22(29)20(26-21(28)17-6-2-3-7-18(17)24)16-9-12-27(13-10-16)23(30)19-8-4-15-32-19/h2-4,6-8,15-16,20H,5,9-14H2,1H3,(H,25,29)(H,26,28). The highest BCUT2D eigenvalue weighted by Crippen LogP contribution is 2.23. The van der Waals surface area contributed by atoms with Gasteiger partial charge in [0.1, 0.15) is 11.9 Å². The van der Waals surface area contributed by atoms with Crippen LogP contribution in [-0.4, -0.2) is 62.0 Å². The average molecular weight is 445 g/mol. The molecule has 1 aromatic heterocycles. The molecule has 9 heteroatoms. The molecule has 1 saturated heterocycles. The van der Waals surface area contributed by atoms with E-state index >= 15 is 0 Å². The van der Waals surface area contributed by atoms with E-state index in [1.54, 1.807) is 30.2 Å². The summed E-state index contributed by atoms with van der Waals surface area (Å²) >= 11 is 0. The Balaban J connectivity index is 1.66. The zero-order valence-corrected chi connectivity index (χ0v) is 18.0. The molecule has 1 aromatic carbocycles. The maximum atomic E-state index is 14.1. The summed E-state index contributed by atoms with van der Waals surface area (Å²) in [6.45, 7) is 1.74. The molecule has 2 N–H and O–H groups in total. The van der Waals surface area contributed by atoms with Crippen LogP contribution >= 0.6 is 0 Å². The number of methoxy groups -OCH3 is 1. The van der Waals surface area contributed by atoms with Crippen molar-refractivity contribution in [1.29, 1.82) is 0 Å². The highest BCUT2D eigenvalue weighted by atomic mass is 19.1. The minimum Gasteiger partial charge on any atom is -0.459 e. The highest BCUT2D eigenvalue weighted by molar-refractivity contribution is 5.98. The van der Waals surface area contributed by atoms with Gasteiger partial charge in [-0.15, -0.1) is 0 Å². The third kappa shape index (κ3) is 5.94. The third-order valence-corrected chi connectivity index (χ3v) is 5.54. The first-order valence-corrected chi connectivity index (χ1v) is 10.7. The smallest absolute Gasteiger partial charge is 0.289 e. The van der Waals surface area contributed by atoms with Crippen LogP contribution in [0.3, 0.4) is 0 Å². The number of amides is 3. The van der Waals surface area contributed by atoms with Crippen molar-refractivity contribution in [2.45, 2.75) is 25.3 Å². The molecule has 3 rings (SSSR count). The van der Waals surface area contributed by atoms with Crippen molar-refractivity contribution in [2.24, 2.45) is 5.92 Å². The lowest BCUT2D eigenvalue weighted by Crippen LogP contribution is -2.54. The number of rotatable bonds is 9. The van der Waals surface area contributed by atoms with Crippen molar-refractivity contribution < 1.29 is 27.9 Å². The molecule has 32 heavy (non-hydrogen) atoms. The lowest BCUT2D eigenvalue weighted by atomic mass is 9.88. The molecule has 3 amide bonds.